The van der Waals surface area contributed by atoms with E-state index in [4.69, 9.17) is 15.0 Å². The normalized spacial score (nSPS) is 14.0. The first-order valence-corrected chi connectivity index (χ1v) is 8.25. The summed E-state index contributed by atoms with van der Waals surface area (Å²) in [5.41, 5.74) is 5.47. The van der Waals surface area contributed by atoms with Gasteiger partial charge in [0, 0.05) is 12.4 Å². The third-order valence-electron chi connectivity index (χ3n) is 2.99. The Balaban J connectivity index is 1.54. The van der Waals surface area contributed by atoms with E-state index in [0.29, 0.717) is 0 Å². The lowest BCUT2D eigenvalue weighted by Crippen LogP contribution is -2.13. The number of nitrogens with two attached hydrogens (primary N) is 1. The largest absolute Gasteiger partial charge is 0.437 e. The molecular formula is C11H14N7O5P. The van der Waals surface area contributed by atoms with Gasteiger partial charge in [-0.2, -0.15) is 4.98 Å². The maximum atomic E-state index is 11.8. The lowest BCUT2D eigenvalue weighted by atomic mass is 10.5. The first kappa shape index (κ1) is 16.3. The van der Waals surface area contributed by atoms with E-state index in [9.17, 15) is 14.3 Å². The Morgan fingerprint density at radius 3 is 2.96 bits per heavy atom. The Morgan fingerprint density at radius 2 is 2.21 bits per heavy atom. The number of rotatable bonds is 7. The summed E-state index contributed by atoms with van der Waals surface area (Å²) in [5, 5.41) is 0. The molecule has 12 nitrogen and oxygen atoms in total. The van der Waals surface area contributed by atoms with Crippen LogP contribution in [0.2, 0.25) is 0 Å². The van der Waals surface area contributed by atoms with E-state index in [2.05, 4.69) is 19.9 Å². The van der Waals surface area contributed by atoms with Crippen LogP contribution in [0.1, 0.15) is 0 Å². The second kappa shape index (κ2) is 6.53. The Hall–Kier alpha value is -2.53. The van der Waals surface area contributed by atoms with Crippen molar-refractivity contribution in [2.75, 3.05) is 18.9 Å². The zero-order valence-corrected chi connectivity index (χ0v) is 13.2. The van der Waals surface area contributed by atoms with Crippen molar-refractivity contribution in [2.45, 2.75) is 6.73 Å². The number of anilines is 1. The SMILES string of the molecule is Nc1nc2c(ncn2COCCOP(=O)(O)n2ccnc2)c(=O)[nH]1. The van der Waals surface area contributed by atoms with Gasteiger partial charge in [0.25, 0.3) is 5.56 Å². The van der Waals surface area contributed by atoms with Crippen molar-refractivity contribution in [1.82, 2.24) is 28.8 Å². The van der Waals surface area contributed by atoms with Gasteiger partial charge in [-0.25, -0.2) is 18.9 Å². The highest BCUT2D eigenvalue weighted by atomic mass is 31.2. The zero-order chi connectivity index (χ0) is 17.2. The summed E-state index contributed by atoms with van der Waals surface area (Å²) < 4.78 is 24.5. The minimum absolute atomic E-state index is 0.0244. The van der Waals surface area contributed by atoms with E-state index in [1.807, 2.05) is 0 Å². The van der Waals surface area contributed by atoms with E-state index in [0.717, 1.165) is 4.34 Å². The molecule has 0 spiro atoms. The van der Waals surface area contributed by atoms with Crippen LogP contribution in [-0.2, 0) is 20.6 Å². The minimum atomic E-state index is -3.97. The molecule has 3 aromatic heterocycles. The van der Waals surface area contributed by atoms with Crippen molar-refractivity contribution in [3.05, 3.63) is 35.4 Å². The van der Waals surface area contributed by atoms with Gasteiger partial charge in [-0.1, -0.05) is 0 Å². The summed E-state index contributed by atoms with van der Waals surface area (Å²) in [4.78, 5) is 35.2. The molecule has 3 heterocycles. The van der Waals surface area contributed by atoms with Crippen LogP contribution < -0.4 is 11.3 Å². The van der Waals surface area contributed by atoms with Gasteiger partial charge < -0.3 is 15.4 Å². The fourth-order valence-electron chi connectivity index (χ4n) is 1.91. The Bertz CT molecular complexity index is 934. The van der Waals surface area contributed by atoms with E-state index in [1.165, 1.54) is 29.6 Å². The lowest BCUT2D eigenvalue weighted by molar-refractivity contribution is 0.0523. The number of nitrogens with one attached hydrogen (secondary N) is 1. The number of fused-ring (bicyclic) bond motifs is 1. The van der Waals surface area contributed by atoms with E-state index >= 15 is 0 Å². The first-order valence-electron chi connectivity index (χ1n) is 6.72. The topological polar surface area (TPSA) is 163 Å². The van der Waals surface area contributed by atoms with Crippen molar-refractivity contribution in [1.29, 1.82) is 0 Å². The molecule has 0 aliphatic heterocycles. The molecule has 0 fully saturated rings. The molecule has 128 valence electrons. The fraction of sp³-hybridized carbons (Fsp3) is 0.273. The number of hydrogen-bond donors (Lipinski definition) is 3. The molecule has 0 amide bonds. The first-order chi connectivity index (χ1) is 11.5. The van der Waals surface area contributed by atoms with Crippen molar-refractivity contribution in [3.63, 3.8) is 0 Å². The Morgan fingerprint density at radius 1 is 1.38 bits per heavy atom. The molecule has 1 atom stereocenters. The number of aromatic nitrogens is 6. The number of hydrogen-bond acceptors (Lipinski definition) is 8. The predicted octanol–water partition coefficient (Wildman–Crippen LogP) is -0.462. The number of ether oxygens (including phenoxy) is 1. The van der Waals surface area contributed by atoms with Crippen LogP contribution in [0, 0.1) is 0 Å². The molecule has 0 saturated carbocycles. The molecule has 0 saturated heterocycles. The van der Waals surface area contributed by atoms with Crippen LogP contribution in [0.5, 0.6) is 0 Å². The number of nitrogens with zero attached hydrogens (tertiary/aromatic N) is 5. The molecular weight excluding hydrogens is 341 g/mol. The van der Waals surface area contributed by atoms with Crippen LogP contribution in [0.3, 0.4) is 0 Å². The van der Waals surface area contributed by atoms with Crippen molar-refractivity contribution in [3.8, 4) is 0 Å². The van der Waals surface area contributed by atoms with Gasteiger partial charge in [0.1, 0.15) is 13.1 Å². The van der Waals surface area contributed by atoms with Gasteiger partial charge >= 0.3 is 7.75 Å². The molecule has 0 radical (unpaired) electrons. The van der Waals surface area contributed by atoms with E-state index in [-0.39, 0.29) is 37.1 Å². The maximum Gasteiger partial charge on any atom is 0.437 e. The average molecular weight is 355 g/mol. The smallest absolute Gasteiger partial charge is 0.369 e. The van der Waals surface area contributed by atoms with Crippen LogP contribution in [0.4, 0.5) is 5.95 Å². The molecule has 3 rings (SSSR count). The van der Waals surface area contributed by atoms with Crippen molar-refractivity contribution < 1.29 is 18.7 Å². The fourth-order valence-corrected chi connectivity index (χ4v) is 2.78. The standard InChI is InChI=1S/C11H14N7O5P/c12-11-15-9-8(10(19)16-11)14-6-17(9)7-22-3-4-23-24(20,21)18-2-1-13-5-18/h1-2,5-6H,3-4,7H2,(H,20,21)(H3,12,15,16,19). The Labute approximate surface area is 134 Å². The average Bonchev–Trinajstić information content (AvgIpc) is 3.17. The van der Waals surface area contributed by atoms with Crippen LogP contribution in [0.25, 0.3) is 11.2 Å². The molecule has 1 unspecified atom stereocenters. The number of imidazole rings is 2. The predicted molar refractivity (Wildman–Crippen MR) is 81.9 cm³/mol. The summed E-state index contributed by atoms with van der Waals surface area (Å²) >= 11 is 0. The molecule has 4 N–H and O–H groups in total. The van der Waals surface area contributed by atoms with Crippen molar-refractivity contribution >= 4 is 24.9 Å². The van der Waals surface area contributed by atoms with Crippen LogP contribution in [0.15, 0.2) is 29.8 Å². The molecule has 0 aliphatic rings. The zero-order valence-electron chi connectivity index (χ0n) is 12.3. The Kier molecular flexibility index (Phi) is 4.44. The van der Waals surface area contributed by atoms with Gasteiger partial charge in [0.15, 0.2) is 11.2 Å². The molecule has 24 heavy (non-hydrogen) atoms. The van der Waals surface area contributed by atoms with E-state index < -0.39 is 13.3 Å². The summed E-state index contributed by atoms with van der Waals surface area (Å²) in [7, 11) is -3.97. The van der Waals surface area contributed by atoms with Crippen molar-refractivity contribution in [2.24, 2.45) is 0 Å². The molecule has 0 bridgehead atoms. The third kappa shape index (κ3) is 3.36. The highest BCUT2D eigenvalue weighted by Crippen LogP contribution is 2.42. The van der Waals surface area contributed by atoms with E-state index in [1.54, 1.807) is 0 Å². The van der Waals surface area contributed by atoms with Gasteiger partial charge in [-0.15, -0.1) is 0 Å². The van der Waals surface area contributed by atoms with Crippen LogP contribution >= 0.6 is 7.75 Å². The molecule has 0 aliphatic carbocycles. The summed E-state index contributed by atoms with van der Waals surface area (Å²) in [6.45, 7) is -0.0527. The second-order valence-electron chi connectivity index (χ2n) is 4.64. The van der Waals surface area contributed by atoms with Gasteiger partial charge in [-0.05, 0) is 0 Å². The second-order valence-corrected chi connectivity index (χ2v) is 6.34. The minimum Gasteiger partial charge on any atom is -0.369 e. The number of nitrogen functional groups attached to an aromatic ring is 1. The van der Waals surface area contributed by atoms with Gasteiger partial charge in [-0.3, -0.25) is 18.9 Å². The summed E-state index contributed by atoms with van der Waals surface area (Å²) in [5.74, 6) is -0.0286. The highest BCUT2D eigenvalue weighted by molar-refractivity contribution is 7.51. The number of aromatic amines is 1. The molecule has 3 aromatic rings. The summed E-state index contributed by atoms with van der Waals surface area (Å²) in [6.07, 6.45) is 5.27. The monoisotopic (exact) mass is 355 g/mol. The quantitative estimate of drug-likeness (QED) is 0.376. The molecule has 0 aromatic carbocycles. The van der Waals surface area contributed by atoms with Gasteiger partial charge in [0.05, 0.1) is 19.5 Å². The van der Waals surface area contributed by atoms with Crippen LogP contribution in [-0.4, -0.2) is 46.9 Å². The lowest BCUT2D eigenvalue weighted by Gasteiger charge is -2.12. The number of H-pyrrole nitrogens is 1. The third-order valence-corrected chi connectivity index (χ3v) is 4.33. The maximum absolute atomic E-state index is 11.8. The highest BCUT2D eigenvalue weighted by Gasteiger charge is 2.21. The summed E-state index contributed by atoms with van der Waals surface area (Å²) in [6, 6.07) is 0. The van der Waals surface area contributed by atoms with Gasteiger partial charge in [0.2, 0.25) is 5.95 Å². The molecule has 13 heteroatoms.